The highest BCUT2D eigenvalue weighted by Crippen LogP contribution is 2.69. The molecule has 1 atom stereocenters. The minimum Gasteiger partial charge on any atom is -0.314 e. The van der Waals surface area contributed by atoms with Crippen molar-refractivity contribution in [3.63, 3.8) is 0 Å². The van der Waals surface area contributed by atoms with E-state index in [0.717, 1.165) is 23.9 Å². The highest BCUT2D eigenvalue weighted by atomic mass is 35.5. The maximum absolute atomic E-state index is 5.96. The molecule has 0 heterocycles. The first-order valence-electron chi connectivity index (χ1n) is 7.28. The molecule has 1 saturated carbocycles. The van der Waals surface area contributed by atoms with Gasteiger partial charge in [-0.3, -0.25) is 0 Å². The summed E-state index contributed by atoms with van der Waals surface area (Å²) in [6, 6.07) is 8.83. The van der Waals surface area contributed by atoms with Gasteiger partial charge in [-0.25, -0.2) is 0 Å². The Morgan fingerprint density at radius 1 is 1.11 bits per heavy atom. The van der Waals surface area contributed by atoms with Crippen molar-refractivity contribution >= 4 is 11.6 Å². The molecule has 1 fully saturated rings. The molecule has 1 N–H and O–H groups in total. The van der Waals surface area contributed by atoms with Crippen LogP contribution in [0.3, 0.4) is 0 Å². The van der Waals surface area contributed by atoms with Gasteiger partial charge in [0.1, 0.15) is 0 Å². The number of likely N-dealkylation sites (N-methyl/N-ethyl adjacent to an activating group) is 1. The zero-order chi connectivity index (χ0) is 14.3. The summed E-state index contributed by atoms with van der Waals surface area (Å²) >= 11 is 5.96. The van der Waals surface area contributed by atoms with E-state index < -0.39 is 0 Å². The van der Waals surface area contributed by atoms with Gasteiger partial charge in [0.25, 0.3) is 0 Å². The van der Waals surface area contributed by atoms with E-state index in [1.165, 1.54) is 5.56 Å². The van der Waals surface area contributed by atoms with E-state index in [2.05, 4.69) is 52.1 Å². The summed E-state index contributed by atoms with van der Waals surface area (Å²) in [5.74, 6) is 0.732. The van der Waals surface area contributed by atoms with Gasteiger partial charge in [0.05, 0.1) is 0 Å². The average molecular weight is 280 g/mol. The number of rotatable bonds is 5. The second kappa shape index (κ2) is 5.10. The van der Waals surface area contributed by atoms with Crippen LogP contribution < -0.4 is 5.32 Å². The summed E-state index contributed by atoms with van der Waals surface area (Å²) < 4.78 is 0. The lowest BCUT2D eigenvalue weighted by Crippen LogP contribution is -2.35. The van der Waals surface area contributed by atoms with Crippen LogP contribution in [0.5, 0.6) is 0 Å². The van der Waals surface area contributed by atoms with Crippen LogP contribution in [0.2, 0.25) is 5.02 Å². The summed E-state index contributed by atoms with van der Waals surface area (Å²) in [7, 11) is 0. The monoisotopic (exact) mass is 279 g/mol. The van der Waals surface area contributed by atoms with E-state index >= 15 is 0 Å². The van der Waals surface area contributed by atoms with Gasteiger partial charge in [-0.2, -0.15) is 0 Å². The minimum absolute atomic E-state index is 0.423. The summed E-state index contributed by atoms with van der Waals surface area (Å²) in [4.78, 5) is 0. The Hall–Kier alpha value is -0.530. The molecule has 1 aliphatic carbocycles. The Morgan fingerprint density at radius 3 is 2.05 bits per heavy atom. The SMILES string of the molecule is CCNC(Cc1ccc(Cl)cc1)C1C(C)(C)C1(C)C. The fourth-order valence-electron chi connectivity index (χ4n) is 3.70. The van der Waals surface area contributed by atoms with Gasteiger partial charge in [-0.1, -0.05) is 58.4 Å². The van der Waals surface area contributed by atoms with Gasteiger partial charge >= 0.3 is 0 Å². The molecule has 0 spiro atoms. The highest BCUT2D eigenvalue weighted by Gasteiger charge is 2.66. The predicted octanol–water partition coefficient (Wildman–Crippen LogP) is 4.54. The third kappa shape index (κ3) is 2.68. The fraction of sp³-hybridized carbons (Fsp3) is 0.647. The first kappa shape index (κ1) is 14.9. The standard InChI is InChI=1S/C17H26ClN/c1-6-19-14(15-16(2,3)17(15,4)5)11-12-7-9-13(18)10-8-12/h7-10,14-15,19H,6,11H2,1-5H3. The van der Waals surface area contributed by atoms with E-state index in [1.54, 1.807) is 0 Å². The second-order valence-corrected chi connectivity index (χ2v) is 7.35. The van der Waals surface area contributed by atoms with E-state index in [9.17, 15) is 0 Å². The summed E-state index contributed by atoms with van der Waals surface area (Å²) in [5.41, 5.74) is 2.22. The molecular weight excluding hydrogens is 254 g/mol. The number of halogens is 1. The van der Waals surface area contributed by atoms with Crippen molar-refractivity contribution < 1.29 is 0 Å². The molecule has 1 unspecified atom stereocenters. The summed E-state index contributed by atoms with van der Waals surface area (Å²) in [5, 5.41) is 4.50. The van der Waals surface area contributed by atoms with Crippen LogP contribution in [-0.4, -0.2) is 12.6 Å². The van der Waals surface area contributed by atoms with Crippen LogP contribution in [-0.2, 0) is 6.42 Å². The number of nitrogens with one attached hydrogen (secondary N) is 1. The van der Waals surface area contributed by atoms with Crippen LogP contribution in [0.15, 0.2) is 24.3 Å². The van der Waals surface area contributed by atoms with Crippen LogP contribution in [0.25, 0.3) is 0 Å². The Kier molecular flexibility index (Phi) is 3.99. The summed E-state index contributed by atoms with van der Waals surface area (Å²) in [6.45, 7) is 12.8. The third-order valence-electron chi connectivity index (χ3n) is 5.37. The Bertz CT molecular complexity index is 419. The number of hydrogen-bond donors (Lipinski definition) is 1. The van der Waals surface area contributed by atoms with Gasteiger partial charge in [0.15, 0.2) is 0 Å². The fourth-order valence-corrected chi connectivity index (χ4v) is 3.82. The molecule has 2 rings (SSSR count). The van der Waals surface area contributed by atoms with Gasteiger partial charge < -0.3 is 5.32 Å². The van der Waals surface area contributed by atoms with E-state index in [-0.39, 0.29) is 0 Å². The lowest BCUT2D eigenvalue weighted by Gasteiger charge is -2.20. The van der Waals surface area contributed by atoms with Gasteiger partial charge in [-0.05, 0) is 47.4 Å². The lowest BCUT2D eigenvalue weighted by atomic mass is 9.97. The zero-order valence-electron chi connectivity index (χ0n) is 12.8. The first-order chi connectivity index (χ1) is 8.80. The Labute approximate surface area is 122 Å². The van der Waals surface area contributed by atoms with Crippen molar-refractivity contribution in [2.24, 2.45) is 16.7 Å². The minimum atomic E-state index is 0.423. The van der Waals surface area contributed by atoms with Gasteiger partial charge in [0, 0.05) is 11.1 Å². The molecule has 2 heteroatoms. The van der Waals surface area contributed by atoms with E-state index in [1.807, 2.05) is 12.1 Å². The molecule has 1 aromatic carbocycles. The molecule has 1 aromatic rings. The van der Waals surface area contributed by atoms with Gasteiger partial charge in [-0.15, -0.1) is 0 Å². The summed E-state index contributed by atoms with van der Waals surface area (Å²) in [6.07, 6.45) is 1.09. The molecule has 0 amide bonds. The van der Waals surface area contributed by atoms with E-state index in [4.69, 9.17) is 11.6 Å². The van der Waals surface area contributed by atoms with Crippen LogP contribution in [0.4, 0.5) is 0 Å². The van der Waals surface area contributed by atoms with Crippen LogP contribution in [0, 0.1) is 16.7 Å². The first-order valence-corrected chi connectivity index (χ1v) is 7.66. The molecule has 0 radical (unpaired) electrons. The second-order valence-electron chi connectivity index (χ2n) is 6.92. The Morgan fingerprint density at radius 2 is 1.63 bits per heavy atom. The highest BCUT2D eigenvalue weighted by molar-refractivity contribution is 6.30. The molecule has 106 valence electrons. The number of benzene rings is 1. The predicted molar refractivity (Wildman–Crippen MR) is 83.7 cm³/mol. The average Bonchev–Trinajstić information content (AvgIpc) is 2.72. The molecular formula is C17H26ClN. The Balaban J connectivity index is 2.12. The van der Waals surface area contributed by atoms with Crippen molar-refractivity contribution in [3.05, 3.63) is 34.9 Å². The van der Waals surface area contributed by atoms with Gasteiger partial charge in [0.2, 0.25) is 0 Å². The normalized spacial score (nSPS) is 22.2. The molecule has 1 aliphatic rings. The third-order valence-corrected chi connectivity index (χ3v) is 5.62. The van der Waals surface area contributed by atoms with Crippen molar-refractivity contribution in [3.8, 4) is 0 Å². The van der Waals surface area contributed by atoms with Crippen molar-refractivity contribution in [2.75, 3.05) is 6.54 Å². The molecule has 1 nitrogen and oxygen atoms in total. The van der Waals surface area contributed by atoms with Crippen LogP contribution >= 0.6 is 11.6 Å². The molecule has 19 heavy (non-hydrogen) atoms. The zero-order valence-corrected chi connectivity index (χ0v) is 13.5. The van der Waals surface area contributed by atoms with Crippen molar-refractivity contribution in [1.82, 2.24) is 5.32 Å². The topological polar surface area (TPSA) is 12.0 Å². The molecule has 0 aromatic heterocycles. The smallest absolute Gasteiger partial charge is 0.0406 e. The molecule has 0 saturated heterocycles. The molecule has 0 bridgehead atoms. The van der Waals surface area contributed by atoms with Crippen molar-refractivity contribution in [1.29, 1.82) is 0 Å². The molecule has 0 aliphatic heterocycles. The lowest BCUT2D eigenvalue weighted by molar-refractivity contribution is 0.403. The number of hydrogen-bond acceptors (Lipinski definition) is 1. The quantitative estimate of drug-likeness (QED) is 0.834. The van der Waals surface area contributed by atoms with Crippen molar-refractivity contribution in [2.45, 2.75) is 47.1 Å². The van der Waals surface area contributed by atoms with E-state index in [0.29, 0.717) is 16.9 Å². The maximum Gasteiger partial charge on any atom is 0.0406 e. The van der Waals surface area contributed by atoms with Crippen LogP contribution in [0.1, 0.15) is 40.2 Å². The maximum atomic E-state index is 5.96. The largest absolute Gasteiger partial charge is 0.314 e.